The molecular weight excluding hydrogens is 318 g/mol. The van der Waals surface area contributed by atoms with Gasteiger partial charge in [0.1, 0.15) is 0 Å². The van der Waals surface area contributed by atoms with E-state index in [4.69, 9.17) is 4.42 Å². The SMILES string of the molecule is CCc1nc(C)c(C(=O)N2CCN(CC)C3CS(=O)(=O)CC32)o1. The zero-order valence-electron chi connectivity index (χ0n) is 13.8. The fourth-order valence-corrected chi connectivity index (χ4v) is 5.61. The Balaban J connectivity index is 1.90. The molecule has 2 unspecified atom stereocenters. The molecule has 2 aliphatic heterocycles. The van der Waals surface area contributed by atoms with Gasteiger partial charge in [0.05, 0.1) is 23.2 Å². The van der Waals surface area contributed by atoms with Crippen LogP contribution in [0.5, 0.6) is 0 Å². The molecule has 0 saturated carbocycles. The number of sulfone groups is 1. The largest absolute Gasteiger partial charge is 0.435 e. The monoisotopic (exact) mass is 341 g/mol. The number of oxazole rings is 1. The molecule has 1 amide bonds. The third kappa shape index (κ3) is 2.89. The van der Waals surface area contributed by atoms with Crippen LogP contribution in [0.3, 0.4) is 0 Å². The summed E-state index contributed by atoms with van der Waals surface area (Å²) in [6.07, 6.45) is 0.623. The van der Waals surface area contributed by atoms with E-state index in [9.17, 15) is 13.2 Å². The van der Waals surface area contributed by atoms with Gasteiger partial charge in [-0.1, -0.05) is 13.8 Å². The second-order valence-electron chi connectivity index (χ2n) is 6.21. The summed E-state index contributed by atoms with van der Waals surface area (Å²) in [5.74, 6) is 0.708. The lowest BCUT2D eigenvalue weighted by Gasteiger charge is -2.43. The number of aryl methyl sites for hydroxylation is 2. The van der Waals surface area contributed by atoms with Gasteiger partial charge in [0.2, 0.25) is 5.76 Å². The molecule has 1 aromatic rings. The van der Waals surface area contributed by atoms with Crippen molar-refractivity contribution in [3.8, 4) is 0 Å². The molecular formula is C15H23N3O4S. The van der Waals surface area contributed by atoms with Gasteiger partial charge in [0, 0.05) is 25.6 Å². The maximum Gasteiger partial charge on any atom is 0.291 e. The van der Waals surface area contributed by atoms with Crippen molar-refractivity contribution < 1.29 is 17.6 Å². The average Bonchev–Trinajstić information content (AvgIpc) is 3.03. The lowest BCUT2D eigenvalue weighted by Crippen LogP contribution is -2.60. The summed E-state index contributed by atoms with van der Waals surface area (Å²) in [5.41, 5.74) is 0.571. The molecule has 2 aliphatic rings. The van der Waals surface area contributed by atoms with E-state index in [1.165, 1.54) is 0 Å². The minimum absolute atomic E-state index is 0.0354. The van der Waals surface area contributed by atoms with Gasteiger partial charge in [-0.15, -0.1) is 0 Å². The molecule has 0 spiro atoms. The average molecular weight is 341 g/mol. The van der Waals surface area contributed by atoms with E-state index in [1.54, 1.807) is 11.8 Å². The van der Waals surface area contributed by atoms with Crippen LogP contribution in [0.4, 0.5) is 0 Å². The quantitative estimate of drug-likeness (QED) is 0.795. The van der Waals surface area contributed by atoms with Crippen molar-refractivity contribution in [2.24, 2.45) is 0 Å². The predicted octanol–water partition coefficient (Wildman–Crippen LogP) is 0.489. The highest BCUT2D eigenvalue weighted by Crippen LogP contribution is 2.28. The number of rotatable bonds is 3. The molecule has 0 radical (unpaired) electrons. The minimum atomic E-state index is -3.11. The van der Waals surface area contributed by atoms with Gasteiger partial charge in [0.25, 0.3) is 5.91 Å². The second-order valence-corrected chi connectivity index (χ2v) is 8.37. The highest BCUT2D eigenvalue weighted by molar-refractivity contribution is 7.91. The first-order chi connectivity index (χ1) is 10.9. The highest BCUT2D eigenvalue weighted by atomic mass is 32.2. The molecule has 2 atom stereocenters. The molecule has 3 rings (SSSR count). The number of hydrogen-bond donors (Lipinski definition) is 0. The Kier molecular flexibility index (Phi) is 4.22. The number of hydrogen-bond acceptors (Lipinski definition) is 6. The number of carbonyl (C=O) groups excluding carboxylic acids is 1. The summed E-state index contributed by atoms with van der Waals surface area (Å²) < 4.78 is 29.7. The van der Waals surface area contributed by atoms with Gasteiger partial charge >= 0.3 is 0 Å². The number of amides is 1. The summed E-state index contributed by atoms with van der Waals surface area (Å²) in [5, 5.41) is 0. The summed E-state index contributed by atoms with van der Waals surface area (Å²) >= 11 is 0. The van der Waals surface area contributed by atoms with E-state index in [1.807, 2.05) is 13.8 Å². The standard InChI is InChI=1S/C15H23N3O4S/c1-4-13-16-10(3)14(22-13)15(19)18-7-6-17(5-2)11-8-23(20,21)9-12(11)18/h11-12H,4-9H2,1-3H3. The van der Waals surface area contributed by atoms with E-state index >= 15 is 0 Å². The molecule has 8 heteroatoms. The Hall–Kier alpha value is -1.41. The number of nitrogens with zero attached hydrogens (tertiary/aromatic N) is 3. The summed E-state index contributed by atoms with van der Waals surface area (Å²) in [6, 6.07) is -0.410. The molecule has 2 fully saturated rings. The smallest absolute Gasteiger partial charge is 0.291 e. The summed E-state index contributed by atoms with van der Waals surface area (Å²) in [6.45, 7) is 7.69. The van der Waals surface area contributed by atoms with Crippen molar-refractivity contribution in [3.63, 3.8) is 0 Å². The first kappa shape index (κ1) is 16.4. The highest BCUT2D eigenvalue weighted by Gasteiger charge is 2.48. The number of fused-ring (bicyclic) bond motifs is 1. The van der Waals surface area contributed by atoms with Crippen LogP contribution >= 0.6 is 0 Å². The topological polar surface area (TPSA) is 83.7 Å². The molecule has 3 heterocycles. The third-order valence-corrected chi connectivity index (χ3v) is 6.49. The Bertz CT molecular complexity index is 712. The molecule has 1 aromatic heterocycles. The molecule has 23 heavy (non-hydrogen) atoms. The van der Waals surface area contributed by atoms with Crippen molar-refractivity contribution >= 4 is 15.7 Å². The van der Waals surface area contributed by atoms with Crippen LogP contribution in [-0.2, 0) is 16.3 Å². The Morgan fingerprint density at radius 1 is 1.26 bits per heavy atom. The number of likely N-dealkylation sites (N-methyl/N-ethyl adjacent to an activating group) is 1. The van der Waals surface area contributed by atoms with Crippen LogP contribution in [0, 0.1) is 6.92 Å². The fraction of sp³-hybridized carbons (Fsp3) is 0.733. The molecule has 2 saturated heterocycles. The molecule has 128 valence electrons. The Morgan fingerprint density at radius 3 is 2.57 bits per heavy atom. The number of piperazine rings is 1. The number of carbonyl (C=O) groups is 1. The van der Waals surface area contributed by atoms with Gasteiger partial charge < -0.3 is 9.32 Å². The van der Waals surface area contributed by atoms with Crippen molar-refractivity contribution in [1.82, 2.24) is 14.8 Å². The lowest BCUT2D eigenvalue weighted by atomic mass is 10.0. The van der Waals surface area contributed by atoms with Gasteiger partial charge in [-0.2, -0.15) is 0 Å². The maximum atomic E-state index is 12.9. The molecule has 0 aromatic carbocycles. The van der Waals surface area contributed by atoms with Gasteiger partial charge in [-0.05, 0) is 13.5 Å². The Morgan fingerprint density at radius 2 is 1.96 bits per heavy atom. The molecule has 0 aliphatic carbocycles. The molecule has 0 N–H and O–H groups in total. The summed E-state index contributed by atoms with van der Waals surface area (Å²) in [7, 11) is -3.11. The van der Waals surface area contributed by atoms with E-state index in [2.05, 4.69) is 9.88 Å². The maximum absolute atomic E-state index is 12.9. The fourth-order valence-electron chi connectivity index (χ4n) is 3.60. The van der Waals surface area contributed by atoms with E-state index in [0.29, 0.717) is 31.1 Å². The lowest BCUT2D eigenvalue weighted by molar-refractivity contribution is 0.0322. The zero-order valence-corrected chi connectivity index (χ0v) is 14.6. The van der Waals surface area contributed by atoms with Crippen molar-refractivity contribution in [2.45, 2.75) is 39.3 Å². The van der Waals surface area contributed by atoms with Gasteiger partial charge in [-0.25, -0.2) is 13.4 Å². The first-order valence-electron chi connectivity index (χ1n) is 8.08. The first-order valence-corrected chi connectivity index (χ1v) is 9.90. The van der Waals surface area contributed by atoms with Crippen LogP contribution < -0.4 is 0 Å². The van der Waals surface area contributed by atoms with Gasteiger partial charge in [-0.3, -0.25) is 9.69 Å². The Labute approximate surface area is 136 Å². The van der Waals surface area contributed by atoms with Gasteiger partial charge in [0.15, 0.2) is 15.7 Å². The second kappa shape index (κ2) is 5.90. The van der Waals surface area contributed by atoms with Crippen molar-refractivity contribution in [3.05, 3.63) is 17.3 Å². The normalized spacial score (nSPS) is 27.2. The molecule has 7 nitrogen and oxygen atoms in total. The minimum Gasteiger partial charge on any atom is -0.435 e. The van der Waals surface area contributed by atoms with Crippen molar-refractivity contribution in [1.29, 1.82) is 0 Å². The summed E-state index contributed by atoms with van der Waals surface area (Å²) in [4.78, 5) is 21.0. The third-order valence-electron chi connectivity index (χ3n) is 4.80. The zero-order chi connectivity index (χ0) is 16.8. The number of aromatic nitrogens is 1. The van der Waals surface area contributed by atoms with E-state index < -0.39 is 9.84 Å². The van der Waals surface area contributed by atoms with Crippen LogP contribution in [0.1, 0.15) is 36.0 Å². The van der Waals surface area contributed by atoms with Crippen LogP contribution in [0.25, 0.3) is 0 Å². The van der Waals surface area contributed by atoms with Crippen molar-refractivity contribution in [2.75, 3.05) is 31.1 Å². The molecule has 0 bridgehead atoms. The van der Waals surface area contributed by atoms with E-state index in [0.717, 1.165) is 6.54 Å². The van der Waals surface area contributed by atoms with E-state index in [-0.39, 0.29) is 35.3 Å². The van der Waals surface area contributed by atoms with Crippen LogP contribution in [-0.4, -0.2) is 72.3 Å². The van der Waals surface area contributed by atoms with Crippen LogP contribution in [0.15, 0.2) is 4.42 Å². The predicted molar refractivity (Wildman–Crippen MR) is 85.1 cm³/mol. The van der Waals surface area contributed by atoms with Crippen LogP contribution in [0.2, 0.25) is 0 Å².